The molecule has 0 aromatic heterocycles. The summed E-state index contributed by atoms with van der Waals surface area (Å²) in [7, 11) is 0. The maximum absolute atomic E-state index is 13.4. The van der Waals surface area contributed by atoms with E-state index in [1.165, 1.54) is 77.0 Å². The predicted molar refractivity (Wildman–Crippen MR) is 319 cm³/mol. The highest BCUT2D eigenvalue weighted by atomic mass is 16.7. The van der Waals surface area contributed by atoms with Crippen LogP contribution in [0.15, 0.2) is 97.2 Å². The molecule has 0 saturated carbocycles. The van der Waals surface area contributed by atoms with Crippen molar-refractivity contribution in [1.29, 1.82) is 0 Å². The Kier molecular flexibility index (Phi) is 49.5. The molecule has 11 heteroatoms. The summed E-state index contributed by atoms with van der Waals surface area (Å²) in [5.41, 5.74) is 0. The zero-order chi connectivity index (χ0) is 56.1. The van der Waals surface area contributed by atoms with Gasteiger partial charge in [-0.3, -0.25) is 9.59 Å². The Hall–Kier alpha value is -3.42. The van der Waals surface area contributed by atoms with Crippen molar-refractivity contribution in [3.63, 3.8) is 0 Å². The van der Waals surface area contributed by atoms with E-state index in [1.54, 1.807) is 6.08 Å². The highest BCUT2D eigenvalue weighted by Crippen LogP contribution is 2.26. The van der Waals surface area contributed by atoms with E-state index in [1.807, 2.05) is 6.08 Å². The van der Waals surface area contributed by atoms with Gasteiger partial charge < -0.3 is 45.1 Å². The van der Waals surface area contributed by atoms with Gasteiger partial charge in [0.2, 0.25) is 5.91 Å². The first kappa shape index (κ1) is 71.6. The lowest BCUT2D eigenvalue weighted by atomic mass is 9.99. The number of ether oxygens (including phenoxy) is 3. The van der Waals surface area contributed by atoms with Crippen LogP contribution in [-0.2, 0) is 23.8 Å². The van der Waals surface area contributed by atoms with E-state index >= 15 is 0 Å². The van der Waals surface area contributed by atoms with E-state index in [9.17, 15) is 35.1 Å². The molecule has 77 heavy (non-hydrogen) atoms. The lowest BCUT2D eigenvalue weighted by molar-refractivity contribution is -0.305. The van der Waals surface area contributed by atoms with Gasteiger partial charge in [-0.05, 0) is 103 Å². The van der Waals surface area contributed by atoms with E-state index in [2.05, 4.69) is 111 Å². The van der Waals surface area contributed by atoms with Gasteiger partial charge in [0.05, 0.1) is 25.4 Å². The number of aliphatic hydroxyl groups is 5. The molecule has 1 rings (SSSR count). The Labute approximate surface area is 469 Å². The normalized spacial score (nSPS) is 19.7. The third kappa shape index (κ3) is 41.3. The molecule has 1 aliphatic heterocycles. The number of esters is 1. The summed E-state index contributed by atoms with van der Waals surface area (Å²) in [5, 5.41) is 56.9. The molecule has 0 aromatic carbocycles. The fraction of sp³-hybridized carbons (Fsp3) is 0.727. The minimum atomic E-state index is -1.63. The number of hydrogen-bond donors (Lipinski definition) is 6. The molecular weight excluding hydrogens is 967 g/mol. The number of carbonyl (C=O) groups is 2. The smallest absolute Gasteiger partial charge is 0.306 e. The molecule has 0 spiro atoms. The minimum absolute atomic E-state index is 0.0975. The van der Waals surface area contributed by atoms with Crippen molar-refractivity contribution < 1.29 is 49.3 Å². The van der Waals surface area contributed by atoms with Crippen LogP contribution in [0, 0.1) is 0 Å². The molecule has 1 heterocycles. The molecule has 0 aliphatic carbocycles. The molecule has 442 valence electrons. The minimum Gasteiger partial charge on any atom is -0.454 e. The Balaban J connectivity index is 2.66. The van der Waals surface area contributed by atoms with Gasteiger partial charge in [0, 0.05) is 6.42 Å². The van der Waals surface area contributed by atoms with Gasteiger partial charge in [0.15, 0.2) is 12.4 Å². The third-order valence-electron chi connectivity index (χ3n) is 14.0. The molecule has 0 radical (unpaired) electrons. The number of hydrogen-bond acceptors (Lipinski definition) is 10. The number of carbonyl (C=O) groups excluding carboxylic acids is 2. The Bertz CT molecular complexity index is 1620. The number of aliphatic hydroxyl groups excluding tert-OH is 5. The SMILES string of the molecule is CC/C=C\C/C=C\C/C=C\C/C=C\C/C=C\C/C=C\CCCCCCCC(O)C(=O)NC(COC1OC(CO)C(O)C(O)C1OC(=O)CCCCC/C=C\CCCCCCCC)C(O)/C=C/CCCCCCCCCCC. The third-order valence-corrected chi connectivity index (χ3v) is 14.0. The number of nitrogens with one attached hydrogen (secondary N) is 1. The fourth-order valence-corrected chi connectivity index (χ4v) is 9.06. The lowest BCUT2D eigenvalue weighted by Gasteiger charge is -2.41. The van der Waals surface area contributed by atoms with E-state index in [4.69, 9.17) is 14.2 Å². The maximum Gasteiger partial charge on any atom is 0.306 e. The lowest BCUT2D eigenvalue weighted by Crippen LogP contribution is -2.61. The summed E-state index contributed by atoms with van der Waals surface area (Å²) in [5.74, 6) is -1.23. The topological polar surface area (TPSA) is 175 Å². The molecule has 11 nitrogen and oxygen atoms in total. The molecule has 1 aliphatic rings. The standard InChI is InChI=1S/C66H113NO10/c1-4-7-10-13-16-19-22-24-25-26-27-28-29-30-31-32-33-34-36-38-41-44-47-50-53-59(70)65(74)67-57(58(69)52-49-46-43-40-37-21-18-15-12-9-6-3)56-75-66-64(63(73)62(72)60(55-68)76-66)77-61(71)54-51-48-45-42-39-35-23-20-17-14-11-8-5-2/h7,10,16,19,24-25,27-28,30-31,33-35,39,49,52,57-60,62-64,66,68-70,72-73H,4-6,8-9,11-15,17-18,20-23,26,29,32,36-38,40-48,50-51,53-56H2,1-3H3,(H,67,74)/b10-7-,19-16-,25-24-,28-27-,31-30-,34-33-,39-35-,52-49+. The first-order valence-corrected chi connectivity index (χ1v) is 31.0. The zero-order valence-corrected chi connectivity index (χ0v) is 48.8. The summed E-state index contributed by atoms with van der Waals surface area (Å²) in [4.78, 5) is 26.5. The summed E-state index contributed by atoms with van der Waals surface area (Å²) in [6, 6.07) is -1.04. The summed E-state index contributed by atoms with van der Waals surface area (Å²) < 4.78 is 17.6. The average Bonchev–Trinajstić information content (AvgIpc) is 3.44. The second kappa shape index (κ2) is 53.2. The number of unbranched alkanes of at least 4 members (excludes halogenated alkanes) is 23. The van der Waals surface area contributed by atoms with Crippen LogP contribution in [0.25, 0.3) is 0 Å². The molecule has 6 N–H and O–H groups in total. The molecule has 1 saturated heterocycles. The van der Waals surface area contributed by atoms with E-state index in [0.717, 1.165) is 122 Å². The van der Waals surface area contributed by atoms with Gasteiger partial charge in [-0.25, -0.2) is 0 Å². The van der Waals surface area contributed by atoms with Crippen LogP contribution in [0.3, 0.4) is 0 Å². The molecule has 1 fully saturated rings. The van der Waals surface area contributed by atoms with Crippen LogP contribution in [0.5, 0.6) is 0 Å². The van der Waals surface area contributed by atoms with Crippen molar-refractivity contribution >= 4 is 11.9 Å². The van der Waals surface area contributed by atoms with Crippen LogP contribution in [-0.4, -0.2) is 99.6 Å². The van der Waals surface area contributed by atoms with Gasteiger partial charge in [-0.1, -0.05) is 234 Å². The average molecular weight is 1080 g/mol. The first-order valence-electron chi connectivity index (χ1n) is 31.0. The molecule has 0 aromatic rings. The van der Waals surface area contributed by atoms with Crippen LogP contribution in [0.1, 0.15) is 245 Å². The van der Waals surface area contributed by atoms with Crippen LogP contribution < -0.4 is 5.32 Å². The monoisotopic (exact) mass is 1080 g/mol. The first-order chi connectivity index (χ1) is 37.7. The molecule has 8 atom stereocenters. The molecular formula is C66H113NO10. The van der Waals surface area contributed by atoms with Crippen molar-refractivity contribution in [2.45, 2.75) is 294 Å². The van der Waals surface area contributed by atoms with Crippen molar-refractivity contribution in [2.75, 3.05) is 13.2 Å². The van der Waals surface area contributed by atoms with Gasteiger partial charge in [0.1, 0.15) is 24.4 Å². The van der Waals surface area contributed by atoms with E-state index < -0.39 is 67.4 Å². The Morgan fingerprint density at radius 1 is 0.519 bits per heavy atom. The highest BCUT2D eigenvalue weighted by molar-refractivity contribution is 5.80. The summed E-state index contributed by atoms with van der Waals surface area (Å²) in [6.07, 6.45) is 60.2. The second-order valence-electron chi connectivity index (χ2n) is 21.0. The van der Waals surface area contributed by atoms with Gasteiger partial charge in [-0.2, -0.15) is 0 Å². The number of rotatable bonds is 51. The van der Waals surface area contributed by atoms with Crippen molar-refractivity contribution in [1.82, 2.24) is 5.32 Å². The Morgan fingerprint density at radius 3 is 1.42 bits per heavy atom. The quantitative estimate of drug-likeness (QED) is 0.0195. The van der Waals surface area contributed by atoms with Crippen LogP contribution in [0.2, 0.25) is 0 Å². The summed E-state index contributed by atoms with van der Waals surface area (Å²) >= 11 is 0. The van der Waals surface area contributed by atoms with E-state index in [-0.39, 0.29) is 19.4 Å². The molecule has 8 unspecified atom stereocenters. The highest BCUT2D eigenvalue weighted by Gasteiger charge is 2.47. The largest absolute Gasteiger partial charge is 0.454 e. The van der Waals surface area contributed by atoms with E-state index in [0.29, 0.717) is 12.8 Å². The van der Waals surface area contributed by atoms with Crippen LogP contribution in [0.4, 0.5) is 0 Å². The second-order valence-corrected chi connectivity index (χ2v) is 21.0. The van der Waals surface area contributed by atoms with Crippen molar-refractivity contribution in [2.24, 2.45) is 0 Å². The molecule has 1 amide bonds. The van der Waals surface area contributed by atoms with Crippen molar-refractivity contribution in [3.8, 4) is 0 Å². The number of amides is 1. The Morgan fingerprint density at radius 2 is 0.935 bits per heavy atom. The summed E-state index contributed by atoms with van der Waals surface area (Å²) in [6.45, 7) is 5.63. The maximum atomic E-state index is 13.4. The van der Waals surface area contributed by atoms with Gasteiger partial charge >= 0.3 is 5.97 Å². The number of allylic oxidation sites excluding steroid dienone is 15. The fourth-order valence-electron chi connectivity index (χ4n) is 9.06. The van der Waals surface area contributed by atoms with Crippen molar-refractivity contribution in [3.05, 3.63) is 97.2 Å². The zero-order valence-electron chi connectivity index (χ0n) is 48.8. The van der Waals surface area contributed by atoms with Gasteiger partial charge in [-0.15, -0.1) is 0 Å². The van der Waals surface area contributed by atoms with Crippen LogP contribution >= 0.6 is 0 Å². The molecule has 0 bridgehead atoms. The predicted octanol–water partition coefficient (Wildman–Crippen LogP) is 14.7. The van der Waals surface area contributed by atoms with Gasteiger partial charge in [0.25, 0.3) is 0 Å².